The third-order valence-electron chi connectivity index (χ3n) is 3.88. The minimum absolute atomic E-state index is 0.0476. The van der Waals surface area contributed by atoms with Gasteiger partial charge in [0.05, 0.1) is 10.6 Å². The Bertz CT molecular complexity index is 636. The molecule has 3 nitrogen and oxygen atoms in total. The summed E-state index contributed by atoms with van der Waals surface area (Å²) in [7, 11) is 0. The van der Waals surface area contributed by atoms with Crippen LogP contribution in [0.3, 0.4) is 0 Å². The summed E-state index contributed by atoms with van der Waals surface area (Å²) in [5, 5.41) is 6.80. The number of aryl methyl sites for hydroxylation is 1. The lowest BCUT2D eigenvalue weighted by molar-refractivity contribution is 0.0942. The second-order valence-corrected chi connectivity index (χ2v) is 8.88. The zero-order valence-corrected chi connectivity index (χ0v) is 15.2. The van der Waals surface area contributed by atoms with Gasteiger partial charge in [-0.2, -0.15) is 11.8 Å². The second-order valence-electron chi connectivity index (χ2n) is 5.42. The van der Waals surface area contributed by atoms with Crippen molar-refractivity contribution in [1.29, 1.82) is 0 Å². The molecule has 1 N–H and O–H groups in total. The first kappa shape index (κ1) is 16.0. The van der Waals surface area contributed by atoms with E-state index in [1.165, 1.54) is 24.2 Å². The summed E-state index contributed by atoms with van der Waals surface area (Å²) in [6.45, 7) is 4.11. The van der Waals surface area contributed by atoms with Crippen LogP contribution in [0.4, 0.5) is 0 Å². The van der Waals surface area contributed by atoms with Crippen molar-refractivity contribution in [3.63, 3.8) is 0 Å². The van der Waals surface area contributed by atoms with Crippen LogP contribution in [0.5, 0.6) is 0 Å². The fraction of sp³-hybridized carbons (Fsp3) is 0.500. The highest BCUT2D eigenvalue weighted by atomic mass is 32.2. The third kappa shape index (κ3) is 3.39. The number of hydrogen-bond donors (Lipinski definition) is 1. The molecule has 1 aliphatic carbocycles. The smallest absolute Gasteiger partial charge is 0.263 e. The number of aromatic nitrogens is 1. The van der Waals surface area contributed by atoms with Crippen LogP contribution in [0.2, 0.25) is 0 Å². The van der Waals surface area contributed by atoms with Crippen LogP contribution in [-0.4, -0.2) is 27.9 Å². The molecule has 2 aromatic heterocycles. The molecule has 0 radical (unpaired) electrons. The molecule has 0 spiro atoms. The fourth-order valence-electron chi connectivity index (χ4n) is 2.85. The zero-order valence-electron chi connectivity index (χ0n) is 12.8. The van der Waals surface area contributed by atoms with Gasteiger partial charge < -0.3 is 5.32 Å². The minimum atomic E-state index is 0.0476. The summed E-state index contributed by atoms with van der Waals surface area (Å²) in [5.41, 5.74) is 0.837. The number of carbonyl (C=O) groups is 1. The Morgan fingerprint density at radius 2 is 2.36 bits per heavy atom. The molecule has 2 heterocycles. The maximum Gasteiger partial charge on any atom is 0.263 e. The second kappa shape index (κ2) is 7.15. The maximum absolute atomic E-state index is 12.6. The van der Waals surface area contributed by atoms with E-state index in [9.17, 15) is 4.79 Å². The van der Waals surface area contributed by atoms with E-state index in [0.29, 0.717) is 11.3 Å². The number of carbonyl (C=O) groups excluding carboxylic acids is 1. The van der Waals surface area contributed by atoms with Gasteiger partial charge in [0.15, 0.2) is 0 Å². The predicted octanol–water partition coefficient (Wildman–Crippen LogP) is 4.58. The monoisotopic (exact) mass is 352 g/mol. The quantitative estimate of drug-likeness (QED) is 0.856. The third-order valence-corrected chi connectivity index (χ3v) is 7.41. The van der Waals surface area contributed by atoms with E-state index in [4.69, 9.17) is 0 Å². The van der Waals surface area contributed by atoms with E-state index in [1.54, 1.807) is 11.3 Å². The predicted molar refractivity (Wildman–Crippen MR) is 97.2 cm³/mol. The molecule has 0 aromatic carbocycles. The number of rotatable bonds is 5. The lowest BCUT2D eigenvalue weighted by Crippen LogP contribution is -2.38. The van der Waals surface area contributed by atoms with Crippen LogP contribution in [0.25, 0.3) is 9.88 Å². The van der Waals surface area contributed by atoms with Gasteiger partial charge in [-0.05, 0) is 37.0 Å². The largest absolute Gasteiger partial charge is 0.347 e. The summed E-state index contributed by atoms with van der Waals surface area (Å²) in [6, 6.07) is 4.38. The standard InChI is InChI=1S/C16H20N2OS3/c1-3-20-12-7-4-6-11(12)18-15(19)14-10(2)17-16(22-14)13-8-5-9-21-13/h5,8-9,11-12H,3-4,6-7H2,1-2H3,(H,18,19)/t11-,12+/m1/s1. The summed E-state index contributed by atoms with van der Waals surface area (Å²) >= 11 is 5.13. The average molecular weight is 353 g/mol. The van der Waals surface area contributed by atoms with E-state index in [2.05, 4.69) is 23.3 Å². The van der Waals surface area contributed by atoms with E-state index in [0.717, 1.165) is 32.6 Å². The highest BCUT2D eigenvalue weighted by molar-refractivity contribution is 7.99. The highest BCUT2D eigenvalue weighted by Gasteiger charge is 2.29. The van der Waals surface area contributed by atoms with E-state index < -0.39 is 0 Å². The number of amides is 1. The summed E-state index contributed by atoms with van der Waals surface area (Å²) in [6.07, 6.45) is 3.52. The lowest BCUT2D eigenvalue weighted by Gasteiger charge is -2.19. The lowest BCUT2D eigenvalue weighted by atomic mass is 10.2. The van der Waals surface area contributed by atoms with Crippen LogP contribution in [-0.2, 0) is 0 Å². The van der Waals surface area contributed by atoms with Crippen molar-refractivity contribution in [3.8, 4) is 9.88 Å². The van der Waals surface area contributed by atoms with Crippen molar-refractivity contribution in [2.45, 2.75) is 44.4 Å². The minimum Gasteiger partial charge on any atom is -0.347 e. The van der Waals surface area contributed by atoms with Gasteiger partial charge in [-0.15, -0.1) is 22.7 Å². The molecular formula is C16H20N2OS3. The molecule has 1 amide bonds. The van der Waals surface area contributed by atoms with Crippen LogP contribution in [0.1, 0.15) is 41.6 Å². The Morgan fingerprint density at radius 3 is 3.09 bits per heavy atom. The van der Waals surface area contributed by atoms with Crippen molar-refractivity contribution in [1.82, 2.24) is 10.3 Å². The van der Waals surface area contributed by atoms with Gasteiger partial charge in [0.25, 0.3) is 5.91 Å². The molecule has 22 heavy (non-hydrogen) atoms. The summed E-state index contributed by atoms with van der Waals surface area (Å²) < 4.78 is 0. The number of nitrogens with zero attached hydrogens (tertiary/aromatic N) is 1. The number of thioether (sulfide) groups is 1. The number of hydrogen-bond acceptors (Lipinski definition) is 5. The average Bonchev–Trinajstić information content (AvgIpc) is 3.20. The Balaban J connectivity index is 1.72. The Morgan fingerprint density at radius 1 is 1.50 bits per heavy atom. The van der Waals surface area contributed by atoms with Gasteiger partial charge in [-0.1, -0.05) is 19.4 Å². The van der Waals surface area contributed by atoms with Crippen molar-refractivity contribution in [2.75, 3.05) is 5.75 Å². The summed E-state index contributed by atoms with van der Waals surface area (Å²) in [5.74, 6) is 1.16. The number of nitrogens with one attached hydrogen (secondary N) is 1. The molecule has 3 rings (SSSR count). The van der Waals surface area contributed by atoms with E-state index in [-0.39, 0.29) is 5.91 Å². The highest BCUT2D eigenvalue weighted by Crippen LogP contribution is 2.33. The molecule has 0 aliphatic heterocycles. The number of thiophene rings is 1. The molecule has 2 atom stereocenters. The van der Waals surface area contributed by atoms with Crippen LogP contribution < -0.4 is 5.32 Å². The van der Waals surface area contributed by atoms with E-state index >= 15 is 0 Å². The molecule has 1 aliphatic rings. The molecule has 1 fully saturated rings. The first-order valence-electron chi connectivity index (χ1n) is 7.62. The molecule has 0 unspecified atom stereocenters. The van der Waals surface area contributed by atoms with Gasteiger partial charge in [-0.25, -0.2) is 4.98 Å². The van der Waals surface area contributed by atoms with Crippen molar-refractivity contribution >= 4 is 40.3 Å². The molecule has 0 saturated heterocycles. The topological polar surface area (TPSA) is 42.0 Å². The van der Waals surface area contributed by atoms with Crippen molar-refractivity contribution in [3.05, 3.63) is 28.1 Å². The Kier molecular flexibility index (Phi) is 5.21. The maximum atomic E-state index is 12.6. The van der Waals surface area contributed by atoms with Gasteiger partial charge >= 0.3 is 0 Å². The Labute approximate surface area is 143 Å². The van der Waals surface area contributed by atoms with Gasteiger partial charge in [0.1, 0.15) is 9.88 Å². The SMILES string of the molecule is CCS[C@H]1CCC[C@H]1NC(=O)c1sc(-c2cccs2)nc1C. The van der Waals surface area contributed by atoms with E-state index in [1.807, 2.05) is 30.1 Å². The molecule has 0 bridgehead atoms. The van der Waals surface area contributed by atoms with Crippen LogP contribution in [0.15, 0.2) is 17.5 Å². The fourth-order valence-corrected chi connectivity index (χ4v) is 5.82. The molecule has 2 aromatic rings. The molecule has 1 saturated carbocycles. The molecule has 6 heteroatoms. The van der Waals surface area contributed by atoms with Crippen LogP contribution in [0, 0.1) is 6.92 Å². The number of thiazole rings is 1. The van der Waals surface area contributed by atoms with Gasteiger partial charge in [-0.3, -0.25) is 4.79 Å². The van der Waals surface area contributed by atoms with Crippen molar-refractivity contribution < 1.29 is 4.79 Å². The van der Waals surface area contributed by atoms with Crippen molar-refractivity contribution in [2.24, 2.45) is 0 Å². The van der Waals surface area contributed by atoms with Gasteiger partial charge in [0.2, 0.25) is 0 Å². The normalized spacial score (nSPS) is 21.2. The van der Waals surface area contributed by atoms with Crippen LogP contribution >= 0.6 is 34.4 Å². The first-order chi connectivity index (χ1) is 10.7. The molecular weight excluding hydrogens is 332 g/mol. The first-order valence-corrected chi connectivity index (χ1v) is 10.4. The summed E-state index contributed by atoms with van der Waals surface area (Å²) in [4.78, 5) is 19.1. The zero-order chi connectivity index (χ0) is 15.5. The Hall–Kier alpha value is -0.850. The van der Waals surface area contributed by atoms with Gasteiger partial charge in [0, 0.05) is 11.3 Å². The molecule has 118 valence electrons.